The highest BCUT2D eigenvalue weighted by molar-refractivity contribution is 5.43. The normalized spacial score (nSPS) is 12.4. The highest BCUT2D eigenvalue weighted by Gasteiger charge is 2.17. The maximum atomic E-state index is 5.61. The lowest BCUT2D eigenvalue weighted by molar-refractivity contribution is 0.403. The SMILES string of the molecule is COc1cc(C)ccc1C(NN)c1ccoc1. The van der Waals surface area contributed by atoms with Gasteiger partial charge < -0.3 is 9.15 Å². The second-order valence-electron chi connectivity index (χ2n) is 3.90. The number of ether oxygens (including phenoxy) is 1. The van der Waals surface area contributed by atoms with Crippen LogP contribution in [0.15, 0.2) is 41.2 Å². The molecule has 0 bridgehead atoms. The molecule has 4 heteroatoms. The smallest absolute Gasteiger partial charge is 0.124 e. The highest BCUT2D eigenvalue weighted by atomic mass is 16.5. The Morgan fingerprint density at radius 3 is 2.76 bits per heavy atom. The summed E-state index contributed by atoms with van der Waals surface area (Å²) in [6, 6.07) is 7.77. The van der Waals surface area contributed by atoms with Gasteiger partial charge in [-0.05, 0) is 24.6 Å². The van der Waals surface area contributed by atoms with E-state index >= 15 is 0 Å². The van der Waals surface area contributed by atoms with E-state index in [9.17, 15) is 0 Å². The van der Waals surface area contributed by atoms with Gasteiger partial charge in [0.25, 0.3) is 0 Å². The molecule has 1 aromatic carbocycles. The molecule has 0 aliphatic rings. The number of hydrogen-bond donors (Lipinski definition) is 2. The third kappa shape index (κ3) is 2.33. The Bertz CT molecular complexity index is 480. The van der Waals surface area contributed by atoms with Gasteiger partial charge in [0.2, 0.25) is 0 Å². The molecule has 17 heavy (non-hydrogen) atoms. The lowest BCUT2D eigenvalue weighted by Crippen LogP contribution is -2.28. The molecule has 1 atom stereocenters. The van der Waals surface area contributed by atoms with Crippen LogP contribution >= 0.6 is 0 Å². The molecule has 1 unspecified atom stereocenters. The lowest BCUT2D eigenvalue weighted by Gasteiger charge is -2.18. The number of benzene rings is 1. The van der Waals surface area contributed by atoms with Crippen LogP contribution in [0.25, 0.3) is 0 Å². The Balaban J connectivity index is 2.44. The summed E-state index contributed by atoms with van der Waals surface area (Å²) in [5.74, 6) is 6.42. The van der Waals surface area contributed by atoms with Crippen molar-refractivity contribution in [2.75, 3.05) is 7.11 Å². The molecule has 3 N–H and O–H groups in total. The third-order valence-electron chi connectivity index (χ3n) is 2.74. The first-order valence-electron chi connectivity index (χ1n) is 5.39. The van der Waals surface area contributed by atoms with Crippen LogP contribution in [0.2, 0.25) is 0 Å². The summed E-state index contributed by atoms with van der Waals surface area (Å²) >= 11 is 0. The number of hydrogen-bond acceptors (Lipinski definition) is 4. The molecule has 1 aromatic heterocycles. The lowest BCUT2D eigenvalue weighted by atomic mass is 9.99. The summed E-state index contributed by atoms with van der Waals surface area (Å²) in [4.78, 5) is 0. The molecule has 0 amide bonds. The van der Waals surface area contributed by atoms with Crippen molar-refractivity contribution in [1.29, 1.82) is 0 Å². The summed E-state index contributed by atoms with van der Waals surface area (Å²) in [6.45, 7) is 2.02. The zero-order valence-electron chi connectivity index (χ0n) is 9.94. The van der Waals surface area contributed by atoms with E-state index < -0.39 is 0 Å². The largest absolute Gasteiger partial charge is 0.496 e. The molecular formula is C13H16N2O2. The monoisotopic (exact) mass is 232 g/mol. The fourth-order valence-electron chi connectivity index (χ4n) is 1.86. The number of hydrazine groups is 1. The first-order valence-corrected chi connectivity index (χ1v) is 5.39. The van der Waals surface area contributed by atoms with Gasteiger partial charge in [-0.2, -0.15) is 0 Å². The fourth-order valence-corrected chi connectivity index (χ4v) is 1.86. The summed E-state index contributed by atoms with van der Waals surface area (Å²) < 4.78 is 10.5. The van der Waals surface area contributed by atoms with E-state index in [0.29, 0.717) is 0 Å². The first kappa shape index (κ1) is 11.7. The van der Waals surface area contributed by atoms with Gasteiger partial charge in [-0.1, -0.05) is 12.1 Å². The van der Waals surface area contributed by atoms with E-state index in [0.717, 1.165) is 22.4 Å². The van der Waals surface area contributed by atoms with E-state index in [-0.39, 0.29) is 6.04 Å². The minimum absolute atomic E-state index is 0.135. The van der Waals surface area contributed by atoms with Crippen molar-refractivity contribution in [3.05, 3.63) is 53.5 Å². The molecule has 0 aliphatic heterocycles. The van der Waals surface area contributed by atoms with E-state index in [4.69, 9.17) is 15.0 Å². The second-order valence-corrected chi connectivity index (χ2v) is 3.90. The molecule has 0 spiro atoms. The van der Waals surface area contributed by atoms with Gasteiger partial charge in [0, 0.05) is 11.1 Å². The molecule has 0 radical (unpaired) electrons. The van der Waals surface area contributed by atoms with Crippen LogP contribution in [0.1, 0.15) is 22.7 Å². The number of methoxy groups -OCH3 is 1. The van der Waals surface area contributed by atoms with E-state index in [2.05, 4.69) is 5.43 Å². The Morgan fingerprint density at radius 2 is 2.18 bits per heavy atom. The van der Waals surface area contributed by atoms with Crippen molar-refractivity contribution in [3.63, 3.8) is 0 Å². The summed E-state index contributed by atoms with van der Waals surface area (Å²) in [7, 11) is 1.65. The molecule has 2 aromatic rings. The van der Waals surface area contributed by atoms with Crippen LogP contribution in [0, 0.1) is 6.92 Å². The van der Waals surface area contributed by atoms with Crippen LogP contribution in [0.5, 0.6) is 5.75 Å². The van der Waals surface area contributed by atoms with Gasteiger partial charge in [-0.15, -0.1) is 0 Å². The van der Waals surface area contributed by atoms with Crippen LogP contribution < -0.4 is 16.0 Å². The maximum absolute atomic E-state index is 5.61. The van der Waals surface area contributed by atoms with Crippen LogP contribution in [0.3, 0.4) is 0 Å². The topological polar surface area (TPSA) is 60.4 Å². The number of aryl methyl sites for hydroxylation is 1. The average Bonchev–Trinajstić information content (AvgIpc) is 2.85. The molecule has 0 fully saturated rings. The fraction of sp³-hybridized carbons (Fsp3) is 0.231. The zero-order valence-corrected chi connectivity index (χ0v) is 9.94. The zero-order chi connectivity index (χ0) is 12.3. The molecule has 0 aliphatic carbocycles. The number of furan rings is 1. The number of nitrogens with two attached hydrogens (primary N) is 1. The van der Waals surface area contributed by atoms with Gasteiger partial charge in [-0.3, -0.25) is 5.84 Å². The minimum Gasteiger partial charge on any atom is -0.496 e. The minimum atomic E-state index is -0.135. The van der Waals surface area contributed by atoms with Crippen molar-refractivity contribution < 1.29 is 9.15 Å². The number of nitrogens with one attached hydrogen (secondary N) is 1. The summed E-state index contributed by atoms with van der Waals surface area (Å²) in [6.07, 6.45) is 3.30. The van der Waals surface area contributed by atoms with Crippen molar-refractivity contribution >= 4 is 0 Å². The third-order valence-corrected chi connectivity index (χ3v) is 2.74. The Morgan fingerprint density at radius 1 is 1.35 bits per heavy atom. The van der Waals surface area contributed by atoms with Gasteiger partial charge in [0.05, 0.1) is 25.7 Å². The highest BCUT2D eigenvalue weighted by Crippen LogP contribution is 2.30. The van der Waals surface area contributed by atoms with Gasteiger partial charge >= 0.3 is 0 Å². The van der Waals surface area contributed by atoms with Crippen LogP contribution in [-0.4, -0.2) is 7.11 Å². The molecule has 0 saturated heterocycles. The predicted molar refractivity (Wildman–Crippen MR) is 65.6 cm³/mol. The molecule has 4 nitrogen and oxygen atoms in total. The summed E-state index contributed by atoms with van der Waals surface area (Å²) in [5, 5.41) is 0. The predicted octanol–water partition coefficient (Wildman–Crippen LogP) is 2.15. The van der Waals surface area contributed by atoms with Gasteiger partial charge in [0.1, 0.15) is 5.75 Å². The standard InChI is InChI=1S/C13H16N2O2/c1-9-3-4-11(12(7-9)16-2)13(15-14)10-5-6-17-8-10/h3-8,13,15H,14H2,1-2H3. The molecular weight excluding hydrogens is 216 g/mol. The molecule has 0 saturated carbocycles. The van der Waals surface area contributed by atoms with Crippen molar-refractivity contribution in [3.8, 4) is 5.75 Å². The average molecular weight is 232 g/mol. The van der Waals surface area contributed by atoms with Gasteiger partial charge in [0.15, 0.2) is 0 Å². The van der Waals surface area contributed by atoms with E-state index in [1.807, 2.05) is 31.2 Å². The Labute approximate surface area is 100 Å². The van der Waals surface area contributed by atoms with E-state index in [1.54, 1.807) is 19.6 Å². The summed E-state index contributed by atoms with van der Waals surface area (Å²) in [5.41, 5.74) is 5.88. The van der Waals surface area contributed by atoms with Gasteiger partial charge in [-0.25, -0.2) is 5.43 Å². The van der Waals surface area contributed by atoms with Crippen LogP contribution in [-0.2, 0) is 0 Å². The number of rotatable bonds is 4. The molecule has 90 valence electrons. The van der Waals surface area contributed by atoms with Crippen molar-refractivity contribution in [2.45, 2.75) is 13.0 Å². The second kappa shape index (κ2) is 5.03. The Hall–Kier alpha value is -1.78. The quantitative estimate of drug-likeness (QED) is 0.626. The Kier molecular flexibility index (Phi) is 3.46. The van der Waals surface area contributed by atoms with E-state index in [1.165, 1.54) is 0 Å². The van der Waals surface area contributed by atoms with Crippen molar-refractivity contribution in [2.24, 2.45) is 5.84 Å². The van der Waals surface area contributed by atoms with Crippen LogP contribution in [0.4, 0.5) is 0 Å². The molecule has 2 rings (SSSR count). The van der Waals surface area contributed by atoms with Crippen molar-refractivity contribution in [1.82, 2.24) is 5.43 Å². The maximum Gasteiger partial charge on any atom is 0.124 e. The first-order chi connectivity index (χ1) is 8.26. The molecule has 1 heterocycles.